The largest absolute Gasteiger partial charge is 0.396 e. The van der Waals surface area contributed by atoms with Gasteiger partial charge in [-0.1, -0.05) is 20.3 Å². The second-order valence-corrected chi connectivity index (χ2v) is 5.89. The van der Waals surface area contributed by atoms with Gasteiger partial charge in [-0.05, 0) is 25.0 Å². The van der Waals surface area contributed by atoms with Gasteiger partial charge < -0.3 is 11.1 Å². The quantitative estimate of drug-likeness (QED) is 0.902. The van der Waals surface area contributed by atoms with Crippen LogP contribution in [0.4, 0.5) is 5.69 Å². The van der Waals surface area contributed by atoms with Crippen molar-refractivity contribution < 1.29 is 4.79 Å². The normalized spacial score (nSPS) is 14.3. The number of hydrogen-bond acceptors (Lipinski definition) is 4. The van der Waals surface area contributed by atoms with Crippen LogP contribution in [-0.2, 0) is 0 Å². The number of rotatable bonds is 4. The maximum Gasteiger partial charge on any atom is 0.263 e. The summed E-state index contributed by atoms with van der Waals surface area (Å²) in [7, 11) is 0. The Balaban J connectivity index is 2.24. The second kappa shape index (κ2) is 5.57. The van der Waals surface area contributed by atoms with E-state index >= 15 is 0 Å². The molecule has 0 aliphatic carbocycles. The molecule has 2 heterocycles. The highest BCUT2D eigenvalue weighted by Gasteiger charge is 2.20. The summed E-state index contributed by atoms with van der Waals surface area (Å²) in [5.74, 6) is 0.339. The van der Waals surface area contributed by atoms with Crippen LogP contribution in [0.3, 0.4) is 0 Å². The van der Waals surface area contributed by atoms with Crippen molar-refractivity contribution in [1.29, 1.82) is 0 Å². The average molecular weight is 277 g/mol. The zero-order valence-electron chi connectivity index (χ0n) is 11.4. The van der Waals surface area contributed by atoms with Gasteiger partial charge >= 0.3 is 0 Å². The minimum atomic E-state index is -0.103. The number of aromatic nitrogens is 1. The maximum atomic E-state index is 12.3. The number of fused-ring (bicyclic) bond motifs is 1. The summed E-state index contributed by atoms with van der Waals surface area (Å²) in [6.07, 6.45) is 2.72. The van der Waals surface area contributed by atoms with Crippen LogP contribution < -0.4 is 11.1 Å². The minimum absolute atomic E-state index is 0.103. The van der Waals surface area contributed by atoms with Gasteiger partial charge in [0.25, 0.3) is 5.91 Å². The van der Waals surface area contributed by atoms with Gasteiger partial charge in [0.1, 0.15) is 10.4 Å². The first-order valence-electron chi connectivity index (χ1n) is 6.48. The molecule has 0 aliphatic rings. The van der Waals surface area contributed by atoms with Gasteiger partial charge in [-0.2, -0.15) is 0 Å². The molecule has 0 aromatic carbocycles. The molecule has 0 saturated carbocycles. The molecular weight excluding hydrogens is 258 g/mol. The van der Waals surface area contributed by atoms with E-state index in [4.69, 9.17) is 5.73 Å². The molecule has 0 fully saturated rings. The number of hydrogen-bond donors (Lipinski definition) is 2. The van der Waals surface area contributed by atoms with Crippen LogP contribution in [0.15, 0.2) is 18.3 Å². The lowest BCUT2D eigenvalue weighted by Crippen LogP contribution is -2.36. The molecule has 19 heavy (non-hydrogen) atoms. The SMILES string of the molecule is CCC(C)C(C)NC(=O)c1sc2cccnc2c1N. The topological polar surface area (TPSA) is 68.0 Å². The van der Waals surface area contributed by atoms with E-state index in [-0.39, 0.29) is 11.9 Å². The Kier molecular flexibility index (Phi) is 4.04. The summed E-state index contributed by atoms with van der Waals surface area (Å²) >= 11 is 1.39. The Morgan fingerprint density at radius 1 is 1.53 bits per heavy atom. The first-order valence-corrected chi connectivity index (χ1v) is 7.30. The highest BCUT2D eigenvalue weighted by molar-refractivity contribution is 7.21. The third kappa shape index (κ3) is 2.71. The number of carbonyl (C=O) groups is 1. The summed E-state index contributed by atoms with van der Waals surface area (Å²) in [6, 6.07) is 3.91. The molecule has 0 bridgehead atoms. The number of thiophene rings is 1. The summed E-state index contributed by atoms with van der Waals surface area (Å²) in [5.41, 5.74) is 7.21. The van der Waals surface area contributed by atoms with Crippen molar-refractivity contribution in [3.63, 3.8) is 0 Å². The van der Waals surface area contributed by atoms with Gasteiger partial charge in [-0.25, -0.2) is 0 Å². The van der Waals surface area contributed by atoms with Crippen molar-refractivity contribution in [3.05, 3.63) is 23.2 Å². The van der Waals surface area contributed by atoms with Crippen LogP contribution >= 0.6 is 11.3 Å². The Morgan fingerprint density at radius 3 is 2.89 bits per heavy atom. The van der Waals surface area contributed by atoms with E-state index < -0.39 is 0 Å². The Hall–Kier alpha value is -1.62. The zero-order valence-corrected chi connectivity index (χ0v) is 12.3. The lowest BCUT2D eigenvalue weighted by atomic mass is 10.0. The molecule has 102 valence electrons. The first kappa shape index (κ1) is 13.8. The molecule has 0 aliphatic heterocycles. The van der Waals surface area contributed by atoms with Gasteiger partial charge in [-0.3, -0.25) is 9.78 Å². The van der Waals surface area contributed by atoms with E-state index in [1.54, 1.807) is 6.20 Å². The highest BCUT2D eigenvalue weighted by Crippen LogP contribution is 2.31. The van der Waals surface area contributed by atoms with Crippen LogP contribution in [0.1, 0.15) is 36.9 Å². The molecule has 2 unspecified atom stereocenters. The number of nitrogens with one attached hydrogen (secondary N) is 1. The van der Waals surface area contributed by atoms with Gasteiger partial charge in [0, 0.05) is 12.2 Å². The molecule has 3 N–H and O–H groups in total. The molecule has 0 spiro atoms. The first-order chi connectivity index (χ1) is 9.04. The van der Waals surface area contributed by atoms with Gasteiger partial charge in [-0.15, -0.1) is 11.3 Å². The van der Waals surface area contributed by atoms with Crippen molar-refractivity contribution in [2.24, 2.45) is 5.92 Å². The van der Waals surface area contributed by atoms with E-state index in [2.05, 4.69) is 24.1 Å². The fourth-order valence-electron chi connectivity index (χ4n) is 1.88. The molecule has 0 saturated heterocycles. The van der Waals surface area contributed by atoms with E-state index in [0.717, 1.165) is 11.1 Å². The Bertz CT molecular complexity index is 593. The molecule has 5 heteroatoms. The van der Waals surface area contributed by atoms with Crippen LogP contribution in [0.25, 0.3) is 10.2 Å². The highest BCUT2D eigenvalue weighted by atomic mass is 32.1. The van der Waals surface area contributed by atoms with Crippen LogP contribution in [0, 0.1) is 5.92 Å². The van der Waals surface area contributed by atoms with Crippen LogP contribution in [0.5, 0.6) is 0 Å². The van der Waals surface area contributed by atoms with Crippen molar-refractivity contribution >= 4 is 33.1 Å². The number of carbonyl (C=O) groups excluding carboxylic acids is 1. The lowest BCUT2D eigenvalue weighted by molar-refractivity contribution is 0.0933. The Labute approximate surface area is 117 Å². The average Bonchev–Trinajstić information content (AvgIpc) is 2.75. The molecule has 2 aromatic rings. The van der Waals surface area contributed by atoms with Crippen LogP contribution in [-0.4, -0.2) is 16.9 Å². The molecular formula is C14H19N3OS. The molecule has 0 radical (unpaired) electrons. The van der Waals surface area contributed by atoms with Crippen molar-refractivity contribution in [1.82, 2.24) is 10.3 Å². The summed E-state index contributed by atoms with van der Waals surface area (Å²) < 4.78 is 0.946. The van der Waals surface area contributed by atoms with E-state index in [0.29, 0.717) is 22.0 Å². The molecule has 1 amide bonds. The fraction of sp³-hybridized carbons (Fsp3) is 0.429. The molecule has 4 nitrogen and oxygen atoms in total. The second-order valence-electron chi connectivity index (χ2n) is 4.84. The van der Waals surface area contributed by atoms with Gasteiger partial charge in [0.15, 0.2) is 0 Å². The standard InChI is InChI=1S/C14H19N3OS/c1-4-8(2)9(3)17-14(18)13-11(15)12-10(19-13)6-5-7-16-12/h5-9H,4,15H2,1-3H3,(H,17,18). The van der Waals surface area contributed by atoms with E-state index in [1.807, 2.05) is 19.1 Å². The van der Waals surface area contributed by atoms with Crippen molar-refractivity contribution in [3.8, 4) is 0 Å². The number of anilines is 1. The molecule has 2 aromatic heterocycles. The number of nitrogen functional groups attached to an aromatic ring is 1. The zero-order chi connectivity index (χ0) is 14.0. The monoisotopic (exact) mass is 277 g/mol. The molecule has 2 atom stereocenters. The Morgan fingerprint density at radius 2 is 2.26 bits per heavy atom. The third-order valence-electron chi connectivity index (χ3n) is 3.54. The molecule has 2 rings (SSSR count). The van der Waals surface area contributed by atoms with E-state index in [1.165, 1.54) is 11.3 Å². The van der Waals surface area contributed by atoms with Gasteiger partial charge in [0.2, 0.25) is 0 Å². The van der Waals surface area contributed by atoms with Crippen molar-refractivity contribution in [2.45, 2.75) is 33.2 Å². The smallest absolute Gasteiger partial charge is 0.263 e. The predicted octanol–water partition coefficient (Wildman–Crippen LogP) is 3.04. The maximum absolute atomic E-state index is 12.3. The number of amides is 1. The van der Waals surface area contributed by atoms with E-state index in [9.17, 15) is 4.79 Å². The summed E-state index contributed by atoms with van der Waals surface area (Å²) in [6.45, 7) is 6.26. The summed E-state index contributed by atoms with van der Waals surface area (Å²) in [4.78, 5) is 17.0. The fourth-order valence-corrected chi connectivity index (χ4v) is 2.87. The minimum Gasteiger partial charge on any atom is -0.396 e. The lowest BCUT2D eigenvalue weighted by Gasteiger charge is -2.19. The third-order valence-corrected chi connectivity index (χ3v) is 4.70. The van der Waals surface area contributed by atoms with Crippen LogP contribution in [0.2, 0.25) is 0 Å². The summed E-state index contributed by atoms with van der Waals surface area (Å²) in [5, 5.41) is 3.01. The number of nitrogens with two attached hydrogens (primary N) is 1. The number of nitrogens with zero attached hydrogens (tertiary/aromatic N) is 1. The van der Waals surface area contributed by atoms with Gasteiger partial charge in [0.05, 0.1) is 10.4 Å². The van der Waals surface area contributed by atoms with Crippen molar-refractivity contribution in [2.75, 3.05) is 5.73 Å². The number of pyridine rings is 1. The predicted molar refractivity (Wildman–Crippen MR) is 80.4 cm³/mol.